The topological polar surface area (TPSA) is 55.4 Å². The van der Waals surface area contributed by atoms with Gasteiger partial charge in [0.15, 0.2) is 9.84 Å². The number of rotatable bonds is 7. The van der Waals surface area contributed by atoms with Crippen molar-refractivity contribution in [2.75, 3.05) is 25.2 Å². The molecule has 0 aliphatic heterocycles. The molecule has 2 rings (SSSR count). The van der Waals surface area contributed by atoms with E-state index < -0.39 is 9.84 Å². The Morgan fingerprint density at radius 3 is 2.48 bits per heavy atom. The lowest BCUT2D eigenvalue weighted by atomic mass is 10.0. The highest BCUT2D eigenvalue weighted by molar-refractivity contribution is 7.91. The van der Waals surface area contributed by atoms with Gasteiger partial charge in [0.25, 0.3) is 0 Å². The maximum Gasteiger partial charge on any atom is 0.151 e. The van der Waals surface area contributed by atoms with Gasteiger partial charge in [0.2, 0.25) is 0 Å². The third-order valence-corrected chi connectivity index (χ3v) is 5.25. The van der Waals surface area contributed by atoms with Gasteiger partial charge in [-0.15, -0.1) is 0 Å². The van der Waals surface area contributed by atoms with E-state index in [2.05, 4.69) is 11.4 Å². The quantitative estimate of drug-likeness (QED) is 0.798. The zero-order valence-corrected chi connectivity index (χ0v) is 13.2. The van der Waals surface area contributed by atoms with Crippen molar-refractivity contribution >= 4 is 20.6 Å². The molecule has 0 aliphatic rings. The minimum atomic E-state index is -2.91. The number of hydrogen-bond donors (Lipinski definition) is 1. The molecule has 2 aromatic rings. The molecular weight excluding hydrogens is 286 g/mol. The first-order valence-corrected chi connectivity index (χ1v) is 8.85. The van der Waals surface area contributed by atoms with E-state index in [0.717, 1.165) is 22.1 Å². The highest BCUT2D eigenvalue weighted by atomic mass is 32.2. The summed E-state index contributed by atoms with van der Waals surface area (Å²) in [6.07, 6.45) is 0. The van der Waals surface area contributed by atoms with Crippen molar-refractivity contribution in [3.05, 3.63) is 42.0 Å². The fourth-order valence-corrected chi connectivity index (χ4v) is 3.01. The van der Waals surface area contributed by atoms with Crippen molar-refractivity contribution in [2.24, 2.45) is 0 Å². The Hall–Kier alpha value is -1.59. The van der Waals surface area contributed by atoms with E-state index in [-0.39, 0.29) is 11.5 Å². The molecular formula is C16H21NO3S. The van der Waals surface area contributed by atoms with Crippen LogP contribution in [0.15, 0.2) is 36.4 Å². The van der Waals surface area contributed by atoms with Crippen LogP contribution >= 0.6 is 0 Å². The molecule has 114 valence electrons. The van der Waals surface area contributed by atoms with E-state index in [4.69, 9.17) is 4.74 Å². The fraction of sp³-hybridized carbons (Fsp3) is 0.375. The summed E-state index contributed by atoms with van der Waals surface area (Å²) < 4.78 is 28.3. The molecule has 21 heavy (non-hydrogen) atoms. The maximum absolute atomic E-state index is 11.4. The van der Waals surface area contributed by atoms with Gasteiger partial charge in [-0.3, -0.25) is 0 Å². The molecule has 0 saturated carbocycles. The Bertz CT molecular complexity index is 711. The van der Waals surface area contributed by atoms with Crippen LogP contribution in [0.1, 0.15) is 12.5 Å². The summed E-state index contributed by atoms with van der Waals surface area (Å²) in [5.74, 6) is 1.22. The normalized spacial score (nSPS) is 11.7. The Balaban J connectivity index is 2.09. The summed E-state index contributed by atoms with van der Waals surface area (Å²) in [6.45, 7) is 2.78. The molecule has 0 bridgehead atoms. The third kappa shape index (κ3) is 3.95. The van der Waals surface area contributed by atoms with E-state index >= 15 is 0 Å². The van der Waals surface area contributed by atoms with Crippen LogP contribution in [-0.2, 0) is 16.4 Å². The summed E-state index contributed by atoms with van der Waals surface area (Å²) >= 11 is 0. The second-order valence-corrected chi connectivity index (χ2v) is 7.36. The van der Waals surface area contributed by atoms with Crippen molar-refractivity contribution < 1.29 is 13.2 Å². The predicted octanol–water partition coefficient (Wildman–Crippen LogP) is 2.37. The monoisotopic (exact) mass is 307 g/mol. The smallest absolute Gasteiger partial charge is 0.151 e. The average Bonchev–Trinajstić information content (AvgIpc) is 2.51. The van der Waals surface area contributed by atoms with Crippen molar-refractivity contribution in [3.8, 4) is 5.75 Å². The van der Waals surface area contributed by atoms with E-state index in [1.165, 1.54) is 0 Å². The molecule has 0 aromatic heterocycles. The lowest BCUT2D eigenvalue weighted by Gasteiger charge is -2.11. The van der Waals surface area contributed by atoms with Crippen LogP contribution in [0.5, 0.6) is 5.75 Å². The first kappa shape index (κ1) is 15.8. The molecule has 0 atom stereocenters. The minimum Gasteiger partial charge on any atom is -0.496 e. The highest BCUT2D eigenvalue weighted by Gasteiger charge is 2.08. The summed E-state index contributed by atoms with van der Waals surface area (Å²) in [7, 11) is -1.25. The van der Waals surface area contributed by atoms with Crippen LogP contribution in [0.4, 0.5) is 0 Å². The number of methoxy groups -OCH3 is 1. The first-order chi connectivity index (χ1) is 10.1. The number of fused-ring (bicyclic) bond motifs is 1. The fourth-order valence-electron chi connectivity index (χ4n) is 2.26. The van der Waals surface area contributed by atoms with Gasteiger partial charge in [0, 0.05) is 24.2 Å². The van der Waals surface area contributed by atoms with E-state index in [9.17, 15) is 8.42 Å². The summed E-state index contributed by atoms with van der Waals surface area (Å²) in [5.41, 5.74) is 1.14. The van der Waals surface area contributed by atoms with Gasteiger partial charge in [-0.05, 0) is 17.0 Å². The van der Waals surface area contributed by atoms with E-state index in [0.29, 0.717) is 13.1 Å². The van der Waals surface area contributed by atoms with Crippen LogP contribution in [0.2, 0.25) is 0 Å². The number of nitrogens with one attached hydrogen (secondary N) is 1. The molecule has 0 fully saturated rings. The molecule has 4 nitrogen and oxygen atoms in total. The predicted molar refractivity (Wildman–Crippen MR) is 86.5 cm³/mol. The van der Waals surface area contributed by atoms with Gasteiger partial charge in [-0.25, -0.2) is 8.42 Å². The molecule has 1 N–H and O–H groups in total. The molecule has 0 amide bonds. The SMILES string of the molecule is CCS(=O)(=O)CCNCc1ccc(OC)c2ccccc12. The average molecular weight is 307 g/mol. The second-order valence-electron chi connectivity index (χ2n) is 4.89. The van der Waals surface area contributed by atoms with Crippen molar-refractivity contribution in [1.29, 1.82) is 0 Å². The lowest BCUT2D eigenvalue weighted by molar-refractivity contribution is 0.419. The van der Waals surface area contributed by atoms with Crippen molar-refractivity contribution in [3.63, 3.8) is 0 Å². The molecule has 5 heteroatoms. The molecule has 0 radical (unpaired) electrons. The molecule has 2 aromatic carbocycles. The molecule has 0 saturated heterocycles. The largest absolute Gasteiger partial charge is 0.496 e. The molecule has 0 spiro atoms. The Labute approximate surface area is 126 Å². The molecule has 0 heterocycles. The highest BCUT2D eigenvalue weighted by Crippen LogP contribution is 2.28. The summed E-state index contributed by atoms with van der Waals surface area (Å²) in [4.78, 5) is 0. The zero-order chi connectivity index (χ0) is 15.3. The number of sulfone groups is 1. The standard InChI is InChI=1S/C16H21NO3S/c1-3-21(18,19)11-10-17-12-13-8-9-16(20-2)15-7-5-4-6-14(13)15/h4-9,17H,3,10-12H2,1-2H3. The minimum absolute atomic E-state index is 0.178. The molecule has 0 unspecified atom stereocenters. The van der Waals surface area contributed by atoms with Gasteiger partial charge < -0.3 is 10.1 Å². The lowest BCUT2D eigenvalue weighted by Crippen LogP contribution is -2.23. The van der Waals surface area contributed by atoms with E-state index in [1.807, 2.05) is 30.3 Å². The first-order valence-electron chi connectivity index (χ1n) is 7.03. The summed E-state index contributed by atoms with van der Waals surface area (Å²) in [5, 5.41) is 5.40. The Kier molecular flexibility index (Phi) is 5.20. The van der Waals surface area contributed by atoms with E-state index in [1.54, 1.807) is 14.0 Å². The van der Waals surface area contributed by atoms with Gasteiger partial charge in [0.05, 0.1) is 12.9 Å². The van der Waals surface area contributed by atoms with Crippen LogP contribution < -0.4 is 10.1 Å². The van der Waals surface area contributed by atoms with Crippen LogP contribution in [0.3, 0.4) is 0 Å². The van der Waals surface area contributed by atoms with Crippen LogP contribution in [0.25, 0.3) is 10.8 Å². The van der Waals surface area contributed by atoms with Gasteiger partial charge in [0.1, 0.15) is 5.75 Å². The van der Waals surface area contributed by atoms with Crippen LogP contribution in [-0.4, -0.2) is 33.6 Å². The van der Waals surface area contributed by atoms with Crippen molar-refractivity contribution in [2.45, 2.75) is 13.5 Å². The zero-order valence-electron chi connectivity index (χ0n) is 12.4. The van der Waals surface area contributed by atoms with Gasteiger partial charge in [-0.1, -0.05) is 37.3 Å². The number of hydrogen-bond acceptors (Lipinski definition) is 4. The van der Waals surface area contributed by atoms with Gasteiger partial charge in [-0.2, -0.15) is 0 Å². The Morgan fingerprint density at radius 1 is 1.10 bits per heavy atom. The van der Waals surface area contributed by atoms with Crippen molar-refractivity contribution in [1.82, 2.24) is 5.32 Å². The second kappa shape index (κ2) is 6.91. The molecule has 0 aliphatic carbocycles. The third-order valence-electron chi connectivity index (χ3n) is 3.54. The van der Waals surface area contributed by atoms with Crippen LogP contribution in [0, 0.1) is 0 Å². The summed E-state index contributed by atoms with van der Waals surface area (Å²) in [6, 6.07) is 12.0. The van der Waals surface area contributed by atoms with Gasteiger partial charge >= 0.3 is 0 Å². The maximum atomic E-state index is 11.4. The Morgan fingerprint density at radius 2 is 1.81 bits per heavy atom. The number of ether oxygens (including phenoxy) is 1. The number of benzene rings is 2.